The number of aryl methyl sites for hydroxylation is 1. The lowest BCUT2D eigenvalue weighted by Gasteiger charge is -2.05. The van der Waals surface area contributed by atoms with Crippen molar-refractivity contribution in [3.8, 4) is 0 Å². The fraction of sp³-hybridized carbons (Fsp3) is 0.250. The highest BCUT2D eigenvalue weighted by Crippen LogP contribution is 2.09. The first-order valence-electron chi connectivity index (χ1n) is 7.25. The largest absolute Gasteiger partial charge is 0.348 e. The number of nitrogens with zero attached hydrogens (tertiary/aromatic N) is 1. The predicted molar refractivity (Wildman–Crippen MR) is 95.9 cm³/mol. The van der Waals surface area contributed by atoms with E-state index in [1.165, 1.54) is 24.5 Å². The monoisotopic (exact) mass is 365 g/mol. The van der Waals surface area contributed by atoms with Crippen molar-refractivity contribution in [2.75, 3.05) is 7.05 Å². The zero-order valence-corrected chi connectivity index (χ0v) is 15.1. The topological polar surface area (TPSA) is 88.2 Å². The Morgan fingerprint density at radius 3 is 2.50 bits per heavy atom. The summed E-state index contributed by atoms with van der Waals surface area (Å²) in [6.45, 7) is 2.28. The molecule has 0 aliphatic rings. The van der Waals surface area contributed by atoms with Crippen LogP contribution < -0.4 is 10.0 Å². The van der Waals surface area contributed by atoms with Gasteiger partial charge in [-0.05, 0) is 31.2 Å². The third-order valence-corrected chi connectivity index (χ3v) is 5.33. The van der Waals surface area contributed by atoms with Gasteiger partial charge < -0.3 is 5.32 Å². The molecule has 0 bridgehead atoms. The van der Waals surface area contributed by atoms with Crippen molar-refractivity contribution in [3.63, 3.8) is 0 Å². The molecule has 1 amide bonds. The zero-order chi connectivity index (χ0) is 17.6. The summed E-state index contributed by atoms with van der Waals surface area (Å²) >= 11 is 1.53. The molecule has 6 nitrogen and oxygen atoms in total. The van der Waals surface area contributed by atoms with Gasteiger partial charge in [-0.3, -0.25) is 4.79 Å². The van der Waals surface area contributed by atoms with E-state index in [2.05, 4.69) is 15.0 Å². The molecule has 128 valence electrons. The van der Waals surface area contributed by atoms with E-state index in [4.69, 9.17) is 0 Å². The standard InChI is InChI=1S/C16H19N3O3S2/c1-12-19-15(10-23-12)7-8-16(20)18-9-13-3-5-14(6-4-13)11-24(21,22)17-2/h3-8,10,17H,9,11H2,1-2H3,(H,18,20)/b8-7+. The molecule has 2 N–H and O–H groups in total. The lowest BCUT2D eigenvalue weighted by atomic mass is 10.1. The molecule has 2 aromatic rings. The molecule has 0 spiro atoms. The Bertz CT molecular complexity index is 825. The van der Waals surface area contributed by atoms with Crippen molar-refractivity contribution >= 4 is 33.3 Å². The number of aromatic nitrogens is 1. The van der Waals surface area contributed by atoms with Gasteiger partial charge in [0.25, 0.3) is 0 Å². The SMILES string of the molecule is CNS(=O)(=O)Cc1ccc(CNC(=O)/C=C/c2csc(C)n2)cc1. The van der Waals surface area contributed by atoms with Gasteiger partial charge in [0.05, 0.1) is 16.5 Å². The Hall–Kier alpha value is -2.03. The maximum atomic E-state index is 11.8. The summed E-state index contributed by atoms with van der Waals surface area (Å²) in [7, 11) is -1.89. The average molecular weight is 365 g/mol. The molecule has 0 fully saturated rings. The van der Waals surface area contributed by atoms with Crippen molar-refractivity contribution in [1.29, 1.82) is 0 Å². The Morgan fingerprint density at radius 1 is 1.25 bits per heavy atom. The van der Waals surface area contributed by atoms with Crippen LogP contribution in [0.2, 0.25) is 0 Å². The van der Waals surface area contributed by atoms with Gasteiger partial charge in [-0.25, -0.2) is 18.1 Å². The zero-order valence-electron chi connectivity index (χ0n) is 13.4. The van der Waals surface area contributed by atoms with Crippen molar-refractivity contribution in [1.82, 2.24) is 15.0 Å². The molecule has 1 aromatic carbocycles. The number of amides is 1. The van der Waals surface area contributed by atoms with Crippen LogP contribution in [0, 0.1) is 6.92 Å². The molecule has 0 atom stereocenters. The third-order valence-electron chi connectivity index (χ3n) is 3.20. The van der Waals surface area contributed by atoms with Gasteiger partial charge in [0.2, 0.25) is 15.9 Å². The van der Waals surface area contributed by atoms with Crippen molar-refractivity contribution < 1.29 is 13.2 Å². The Kier molecular flexibility index (Phi) is 6.24. The number of sulfonamides is 1. The molecular formula is C16H19N3O3S2. The van der Waals surface area contributed by atoms with Crippen LogP contribution in [0.4, 0.5) is 0 Å². The maximum Gasteiger partial charge on any atom is 0.244 e. The number of nitrogens with one attached hydrogen (secondary N) is 2. The van der Waals surface area contributed by atoms with E-state index >= 15 is 0 Å². The second kappa shape index (κ2) is 8.18. The Labute approximate surface area is 145 Å². The normalized spacial score (nSPS) is 11.8. The van der Waals surface area contributed by atoms with Crippen molar-refractivity contribution in [2.24, 2.45) is 0 Å². The van der Waals surface area contributed by atoms with Crippen LogP contribution in [0.5, 0.6) is 0 Å². The summed E-state index contributed by atoms with van der Waals surface area (Å²) in [6.07, 6.45) is 3.12. The Balaban J connectivity index is 1.85. The summed E-state index contributed by atoms with van der Waals surface area (Å²) in [4.78, 5) is 16.0. The number of benzene rings is 1. The summed E-state index contributed by atoms with van der Waals surface area (Å²) in [5, 5.41) is 5.61. The summed E-state index contributed by atoms with van der Waals surface area (Å²) in [5.41, 5.74) is 2.35. The van der Waals surface area contributed by atoms with Gasteiger partial charge in [0, 0.05) is 18.0 Å². The minimum absolute atomic E-state index is 0.0636. The van der Waals surface area contributed by atoms with Gasteiger partial charge in [-0.1, -0.05) is 24.3 Å². The van der Waals surface area contributed by atoms with Gasteiger partial charge in [-0.15, -0.1) is 11.3 Å². The predicted octanol–water partition coefficient (Wildman–Crippen LogP) is 1.83. The fourth-order valence-corrected chi connectivity index (χ4v) is 3.27. The van der Waals surface area contributed by atoms with Gasteiger partial charge in [-0.2, -0.15) is 0 Å². The van der Waals surface area contributed by atoms with Crippen molar-refractivity contribution in [2.45, 2.75) is 19.2 Å². The van der Waals surface area contributed by atoms with E-state index in [9.17, 15) is 13.2 Å². The number of hydrogen-bond acceptors (Lipinski definition) is 5. The molecule has 0 saturated carbocycles. The average Bonchev–Trinajstić information content (AvgIpc) is 2.97. The molecule has 24 heavy (non-hydrogen) atoms. The highest BCUT2D eigenvalue weighted by atomic mass is 32.2. The van der Waals surface area contributed by atoms with E-state index in [0.717, 1.165) is 16.3 Å². The molecule has 0 radical (unpaired) electrons. The van der Waals surface area contributed by atoms with E-state index < -0.39 is 10.0 Å². The van der Waals surface area contributed by atoms with Gasteiger partial charge >= 0.3 is 0 Å². The molecule has 8 heteroatoms. The first-order valence-corrected chi connectivity index (χ1v) is 9.78. The second-order valence-electron chi connectivity index (χ2n) is 5.12. The lowest BCUT2D eigenvalue weighted by molar-refractivity contribution is -0.116. The van der Waals surface area contributed by atoms with Crippen molar-refractivity contribution in [3.05, 3.63) is 57.6 Å². The minimum atomic E-state index is -3.28. The van der Waals surface area contributed by atoms with Crippen LogP contribution in [-0.4, -0.2) is 26.4 Å². The highest BCUT2D eigenvalue weighted by Gasteiger charge is 2.08. The molecule has 1 aromatic heterocycles. The number of hydrogen-bond donors (Lipinski definition) is 2. The van der Waals surface area contributed by atoms with Crippen LogP contribution in [0.25, 0.3) is 6.08 Å². The molecule has 2 rings (SSSR count). The summed E-state index contributed by atoms with van der Waals surface area (Å²) in [6, 6.07) is 7.08. The number of carbonyl (C=O) groups is 1. The molecule has 0 aliphatic carbocycles. The first-order chi connectivity index (χ1) is 11.4. The maximum absolute atomic E-state index is 11.8. The molecule has 1 heterocycles. The first kappa shape index (κ1) is 18.3. The number of thiazole rings is 1. The van der Waals surface area contributed by atoms with Gasteiger partial charge in [0.1, 0.15) is 0 Å². The van der Waals surface area contributed by atoms with Crippen LogP contribution in [-0.2, 0) is 27.1 Å². The van der Waals surface area contributed by atoms with E-state index in [1.54, 1.807) is 30.3 Å². The lowest BCUT2D eigenvalue weighted by Crippen LogP contribution is -2.21. The molecular weight excluding hydrogens is 346 g/mol. The summed E-state index contributed by atoms with van der Waals surface area (Å²) in [5.74, 6) is -0.270. The van der Waals surface area contributed by atoms with Crippen LogP contribution >= 0.6 is 11.3 Å². The smallest absolute Gasteiger partial charge is 0.244 e. The van der Waals surface area contributed by atoms with E-state index in [0.29, 0.717) is 12.1 Å². The molecule has 0 aliphatic heterocycles. The van der Waals surface area contributed by atoms with Crippen LogP contribution in [0.3, 0.4) is 0 Å². The van der Waals surface area contributed by atoms with Crippen LogP contribution in [0.15, 0.2) is 35.7 Å². The third kappa shape index (κ3) is 5.88. The van der Waals surface area contributed by atoms with E-state index in [1.807, 2.05) is 12.3 Å². The highest BCUT2D eigenvalue weighted by molar-refractivity contribution is 7.88. The number of carbonyl (C=O) groups excluding carboxylic acids is 1. The van der Waals surface area contributed by atoms with E-state index in [-0.39, 0.29) is 11.7 Å². The molecule has 0 unspecified atom stereocenters. The van der Waals surface area contributed by atoms with Gasteiger partial charge in [0.15, 0.2) is 0 Å². The Morgan fingerprint density at radius 2 is 1.92 bits per heavy atom. The fourth-order valence-electron chi connectivity index (χ4n) is 1.91. The second-order valence-corrected chi connectivity index (χ2v) is 8.11. The number of rotatable bonds is 7. The minimum Gasteiger partial charge on any atom is -0.348 e. The van der Waals surface area contributed by atoms with Crippen LogP contribution in [0.1, 0.15) is 21.8 Å². The molecule has 0 saturated heterocycles. The summed E-state index contributed by atoms with van der Waals surface area (Å²) < 4.78 is 25.2. The quantitative estimate of drug-likeness (QED) is 0.733.